The quantitative estimate of drug-likeness (QED) is 0.239. The van der Waals surface area contributed by atoms with Crippen molar-refractivity contribution in [1.82, 2.24) is 0 Å². The molecule has 0 aliphatic heterocycles. The van der Waals surface area contributed by atoms with E-state index >= 15 is 0 Å². The number of methoxy groups -OCH3 is 1. The Morgan fingerprint density at radius 3 is 2.50 bits per heavy atom. The Balaban J connectivity index is 1.75. The van der Waals surface area contributed by atoms with E-state index in [4.69, 9.17) is 9.47 Å². The van der Waals surface area contributed by atoms with Crippen LogP contribution in [0.4, 0.5) is 0 Å². The second-order valence-electron chi connectivity index (χ2n) is 9.24. The first-order valence-corrected chi connectivity index (χ1v) is 13.5. The van der Waals surface area contributed by atoms with E-state index in [1.165, 1.54) is 72.4 Å². The third-order valence-corrected chi connectivity index (χ3v) is 9.51. The van der Waals surface area contributed by atoms with Crippen molar-refractivity contribution >= 4 is 54.1 Å². The third-order valence-electron chi connectivity index (χ3n) is 7.20. The molecule has 0 spiro atoms. The number of carbonyl (C=O) groups is 1. The minimum absolute atomic E-state index is 0.355. The van der Waals surface area contributed by atoms with Crippen molar-refractivity contribution in [2.45, 2.75) is 58.5 Å². The number of fused-ring (bicyclic) bond motifs is 2. The zero-order valence-corrected chi connectivity index (χ0v) is 22.4. The first kappa shape index (κ1) is 23.4. The molecule has 1 heterocycles. The van der Waals surface area contributed by atoms with Crippen LogP contribution < -0.4 is 4.74 Å². The van der Waals surface area contributed by atoms with Crippen molar-refractivity contribution in [3.05, 3.63) is 62.9 Å². The van der Waals surface area contributed by atoms with Gasteiger partial charge in [-0.15, -0.1) is 11.3 Å². The summed E-state index contributed by atoms with van der Waals surface area (Å²) in [7, 11) is 1.40. The van der Waals surface area contributed by atoms with Gasteiger partial charge in [-0.05, 0) is 101 Å². The predicted molar refractivity (Wildman–Crippen MR) is 145 cm³/mol. The van der Waals surface area contributed by atoms with E-state index in [0.29, 0.717) is 5.92 Å². The van der Waals surface area contributed by atoms with E-state index in [0.717, 1.165) is 18.6 Å². The third kappa shape index (κ3) is 3.93. The van der Waals surface area contributed by atoms with E-state index in [2.05, 4.69) is 72.2 Å². The SMILES string of the molecule is COC(=O)C(C)Oc1ccc(-c2c3ccccc3c(Br)c3sc(C)c(C)c23)cc1C1CCCC1. The molecule has 0 N–H and O–H groups in total. The molecule has 176 valence electrons. The molecule has 1 aromatic heterocycles. The Labute approximate surface area is 213 Å². The summed E-state index contributed by atoms with van der Waals surface area (Å²) < 4.78 is 13.5. The van der Waals surface area contributed by atoms with Crippen LogP contribution in [0.2, 0.25) is 0 Å². The molecule has 1 aliphatic carbocycles. The van der Waals surface area contributed by atoms with Crippen LogP contribution in [0.1, 0.15) is 54.5 Å². The van der Waals surface area contributed by atoms with E-state index in [1.807, 2.05) is 11.3 Å². The van der Waals surface area contributed by atoms with Crippen molar-refractivity contribution in [2.75, 3.05) is 7.11 Å². The van der Waals surface area contributed by atoms with Crippen LogP contribution in [0.3, 0.4) is 0 Å². The number of esters is 1. The van der Waals surface area contributed by atoms with Gasteiger partial charge >= 0.3 is 5.97 Å². The number of carbonyl (C=O) groups excluding carboxylic acids is 1. The Bertz CT molecular complexity index is 1400. The van der Waals surface area contributed by atoms with Crippen LogP contribution in [0.25, 0.3) is 32.0 Å². The maximum absolute atomic E-state index is 12.1. The maximum Gasteiger partial charge on any atom is 0.346 e. The minimum atomic E-state index is -0.641. The zero-order chi connectivity index (χ0) is 24.0. The number of aryl methyl sites for hydroxylation is 2. The second-order valence-corrected chi connectivity index (χ2v) is 11.3. The summed E-state index contributed by atoms with van der Waals surface area (Å²) in [6, 6.07) is 15.2. The standard InChI is InChI=1S/C29H29BrO3S/c1-16-18(3)34-28-25(16)26(21-11-7-8-12-22(21)27(28)30)20-13-14-24(33-17(2)29(31)32-4)23(15-20)19-9-5-6-10-19/h7-8,11-15,17,19H,5-6,9-10H2,1-4H3. The number of thiophene rings is 1. The van der Waals surface area contributed by atoms with Crippen LogP contribution in [0, 0.1) is 13.8 Å². The van der Waals surface area contributed by atoms with Crippen LogP contribution >= 0.6 is 27.3 Å². The number of rotatable bonds is 5. The molecule has 5 heteroatoms. The Kier molecular flexibility index (Phi) is 6.43. The lowest BCUT2D eigenvalue weighted by Crippen LogP contribution is -2.25. The van der Waals surface area contributed by atoms with Gasteiger partial charge in [0.2, 0.25) is 0 Å². The lowest BCUT2D eigenvalue weighted by Gasteiger charge is -2.21. The number of hydrogen-bond acceptors (Lipinski definition) is 4. The number of benzene rings is 3. The largest absolute Gasteiger partial charge is 0.479 e. The van der Waals surface area contributed by atoms with Gasteiger partial charge < -0.3 is 9.47 Å². The van der Waals surface area contributed by atoms with Gasteiger partial charge in [0.1, 0.15) is 5.75 Å². The molecule has 34 heavy (non-hydrogen) atoms. The van der Waals surface area contributed by atoms with Gasteiger partial charge in [-0.25, -0.2) is 4.79 Å². The van der Waals surface area contributed by atoms with Crippen molar-refractivity contribution in [3.8, 4) is 16.9 Å². The molecule has 0 saturated heterocycles. The fraction of sp³-hybridized carbons (Fsp3) is 0.345. The Morgan fingerprint density at radius 2 is 1.79 bits per heavy atom. The van der Waals surface area contributed by atoms with E-state index in [1.54, 1.807) is 6.92 Å². The molecular weight excluding hydrogens is 508 g/mol. The summed E-state index contributed by atoms with van der Waals surface area (Å²) >= 11 is 5.76. The van der Waals surface area contributed by atoms with Crippen molar-refractivity contribution < 1.29 is 14.3 Å². The lowest BCUT2D eigenvalue weighted by molar-refractivity contribution is -0.147. The molecular formula is C29H29BrO3S. The van der Waals surface area contributed by atoms with E-state index < -0.39 is 6.10 Å². The van der Waals surface area contributed by atoms with Gasteiger partial charge in [-0.2, -0.15) is 0 Å². The highest BCUT2D eigenvalue weighted by Gasteiger charge is 2.25. The summed E-state index contributed by atoms with van der Waals surface area (Å²) in [6.07, 6.45) is 4.13. The second kappa shape index (κ2) is 9.35. The van der Waals surface area contributed by atoms with Crippen molar-refractivity contribution in [1.29, 1.82) is 0 Å². The molecule has 5 rings (SSSR count). The first-order valence-electron chi connectivity index (χ1n) is 11.9. The topological polar surface area (TPSA) is 35.5 Å². The van der Waals surface area contributed by atoms with Crippen LogP contribution in [0.15, 0.2) is 46.9 Å². The molecule has 1 unspecified atom stereocenters. The highest BCUT2D eigenvalue weighted by atomic mass is 79.9. The van der Waals surface area contributed by atoms with Crippen molar-refractivity contribution in [3.63, 3.8) is 0 Å². The normalized spacial score (nSPS) is 15.2. The minimum Gasteiger partial charge on any atom is -0.479 e. The van der Waals surface area contributed by atoms with E-state index in [-0.39, 0.29) is 5.97 Å². The molecule has 3 aromatic carbocycles. The molecule has 0 amide bonds. The number of hydrogen-bond donors (Lipinski definition) is 0. The summed E-state index contributed by atoms with van der Waals surface area (Å²) in [5.41, 5.74) is 5.02. The van der Waals surface area contributed by atoms with Gasteiger partial charge in [0.25, 0.3) is 0 Å². The molecule has 3 nitrogen and oxygen atoms in total. The predicted octanol–water partition coefficient (Wildman–Crippen LogP) is 8.70. The smallest absolute Gasteiger partial charge is 0.346 e. The van der Waals surface area contributed by atoms with Gasteiger partial charge in [-0.1, -0.05) is 43.2 Å². The highest BCUT2D eigenvalue weighted by molar-refractivity contribution is 9.11. The van der Waals surface area contributed by atoms with Gasteiger partial charge in [0.15, 0.2) is 6.10 Å². The van der Waals surface area contributed by atoms with Crippen LogP contribution in [-0.4, -0.2) is 19.2 Å². The van der Waals surface area contributed by atoms with E-state index in [9.17, 15) is 4.79 Å². The Morgan fingerprint density at radius 1 is 1.09 bits per heavy atom. The highest BCUT2D eigenvalue weighted by Crippen LogP contribution is 2.48. The Hall–Kier alpha value is -2.37. The molecule has 4 aromatic rings. The molecule has 0 bridgehead atoms. The number of ether oxygens (including phenoxy) is 2. The molecule has 1 fully saturated rings. The average molecular weight is 538 g/mol. The monoisotopic (exact) mass is 536 g/mol. The molecule has 0 radical (unpaired) electrons. The summed E-state index contributed by atoms with van der Waals surface area (Å²) in [6.45, 7) is 6.18. The average Bonchev–Trinajstić information content (AvgIpc) is 3.49. The fourth-order valence-corrected chi connectivity index (χ4v) is 7.21. The molecule has 1 atom stereocenters. The van der Waals surface area contributed by atoms with Gasteiger partial charge in [-0.3, -0.25) is 0 Å². The molecule has 1 saturated carbocycles. The summed E-state index contributed by atoms with van der Waals surface area (Å²) in [5, 5.41) is 3.80. The molecule has 1 aliphatic rings. The first-order chi connectivity index (χ1) is 16.4. The fourth-order valence-electron chi connectivity index (χ4n) is 5.30. The van der Waals surface area contributed by atoms with Crippen molar-refractivity contribution in [2.24, 2.45) is 0 Å². The summed E-state index contributed by atoms with van der Waals surface area (Å²) in [5.74, 6) is 0.887. The van der Waals surface area contributed by atoms with Crippen LogP contribution in [0.5, 0.6) is 5.75 Å². The lowest BCUT2D eigenvalue weighted by atomic mass is 9.89. The zero-order valence-electron chi connectivity index (χ0n) is 20.0. The summed E-state index contributed by atoms with van der Waals surface area (Å²) in [4.78, 5) is 13.4. The number of halogens is 1. The maximum atomic E-state index is 12.1. The van der Waals surface area contributed by atoms with Crippen LogP contribution in [-0.2, 0) is 9.53 Å². The van der Waals surface area contributed by atoms with Gasteiger partial charge in [0.05, 0.1) is 11.8 Å². The van der Waals surface area contributed by atoms with Gasteiger partial charge in [0, 0.05) is 14.7 Å².